The molecule has 0 aliphatic heterocycles. The zero-order valence-corrected chi connectivity index (χ0v) is 19.1. The SMILES string of the molecule is CCOC(=O)Nc1ccc2c(CSc3nnc(CC(C)c4ccccc4)o3)cc(=O)oc2c1. The van der Waals surface area contributed by atoms with Crippen LogP contribution < -0.4 is 10.9 Å². The van der Waals surface area contributed by atoms with Crippen molar-refractivity contribution in [3.63, 3.8) is 0 Å². The first-order chi connectivity index (χ1) is 16.0. The summed E-state index contributed by atoms with van der Waals surface area (Å²) in [4.78, 5) is 23.7. The van der Waals surface area contributed by atoms with Crippen molar-refractivity contribution in [1.82, 2.24) is 10.2 Å². The molecule has 9 heteroatoms. The fraction of sp³-hybridized carbons (Fsp3) is 0.250. The van der Waals surface area contributed by atoms with Crippen LogP contribution in [0.3, 0.4) is 0 Å². The Morgan fingerprint density at radius 3 is 2.73 bits per heavy atom. The van der Waals surface area contributed by atoms with E-state index in [-0.39, 0.29) is 12.5 Å². The van der Waals surface area contributed by atoms with E-state index in [2.05, 4.69) is 34.6 Å². The van der Waals surface area contributed by atoms with Crippen LogP contribution in [0, 0.1) is 0 Å². The molecule has 1 atom stereocenters. The highest BCUT2D eigenvalue weighted by Gasteiger charge is 2.14. The zero-order chi connectivity index (χ0) is 23.2. The number of hydrogen-bond donors (Lipinski definition) is 1. The predicted molar refractivity (Wildman–Crippen MR) is 126 cm³/mol. The molecule has 0 radical (unpaired) electrons. The third kappa shape index (κ3) is 5.81. The van der Waals surface area contributed by atoms with Crippen LogP contribution in [0.4, 0.5) is 10.5 Å². The lowest BCUT2D eigenvalue weighted by atomic mass is 9.98. The average Bonchev–Trinajstić information content (AvgIpc) is 3.25. The van der Waals surface area contributed by atoms with Gasteiger partial charge in [-0.15, -0.1) is 10.2 Å². The molecular formula is C24H23N3O5S. The Kier molecular flexibility index (Phi) is 7.09. The highest BCUT2D eigenvalue weighted by atomic mass is 32.2. The quantitative estimate of drug-likeness (QED) is 0.273. The topological polar surface area (TPSA) is 107 Å². The summed E-state index contributed by atoms with van der Waals surface area (Å²) in [6.07, 6.45) is 0.0748. The molecule has 0 saturated carbocycles. The van der Waals surface area contributed by atoms with Crippen LogP contribution in [-0.2, 0) is 16.9 Å². The third-order valence-electron chi connectivity index (χ3n) is 5.00. The van der Waals surface area contributed by atoms with Gasteiger partial charge < -0.3 is 13.6 Å². The van der Waals surface area contributed by atoms with Gasteiger partial charge in [0.25, 0.3) is 5.22 Å². The number of ether oxygens (including phenoxy) is 1. The Labute approximate surface area is 194 Å². The van der Waals surface area contributed by atoms with Crippen molar-refractivity contribution in [3.8, 4) is 0 Å². The van der Waals surface area contributed by atoms with Crippen LogP contribution in [0.5, 0.6) is 0 Å². The Morgan fingerprint density at radius 2 is 1.94 bits per heavy atom. The lowest BCUT2D eigenvalue weighted by Gasteiger charge is -2.08. The van der Waals surface area contributed by atoms with Gasteiger partial charge in [-0.3, -0.25) is 5.32 Å². The first-order valence-electron chi connectivity index (χ1n) is 10.5. The summed E-state index contributed by atoms with van der Waals surface area (Å²) in [7, 11) is 0. The minimum absolute atomic E-state index is 0.254. The second-order valence-corrected chi connectivity index (χ2v) is 8.34. The molecule has 33 heavy (non-hydrogen) atoms. The van der Waals surface area contributed by atoms with Gasteiger partial charge in [-0.1, -0.05) is 49.0 Å². The van der Waals surface area contributed by atoms with E-state index in [9.17, 15) is 9.59 Å². The summed E-state index contributed by atoms with van der Waals surface area (Å²) in [5.74, 6) is 1.27. The van der Waals surface area contributed by atoms with Gasteiger partial charge in [-0.05, 0) is 36.1 Å². The van der Waals surface area contributed by atoms with Crippen molar-refractivity contribution < 1.29 is 18.4 Å². The molecule has 0 spiro atoms. The zero-order valence-electron chi connectivity index (χ0n) is 18.2. The summed E-state index contributed by atoms with van der Waals surface area (Å²) in [5, 5.41) is 12.1. The van der Waals surface area contributed by atoms with Gasteiger partial charge in [-0.25, -0.2) is 9.59 Å². The third-order valence-corrected chi connectivity index (χ3v) is 5.87. The van der Waals surface area contributed by atoms with E-state index >= 15 is 0 Å². The van der Waals surface area contributed by atoms with Crippen molar-refractivity contribution in [3.05, 3.63) is 82.0 Å². The Balaban J connectivity index is 1.45. The maximum atomic E-state index is 12.1. The van der Waals surface area contributed by atoms with Crippen molar-refractivity contribution in [2.24, 2.45) is 0 Å². The first-order valence-corrected chi connectivity index (χ1v) is 11.5. The Morgan fingerprint density at radius 1 is 1.12 bits per heavy atom. The van der Waals surface area contributed by atoms with Crippen LogP contribution >= 0.6 is 11.8 Å². The highest BCUT2D eigenvalue weighted by Crippen LogP contribution is 2.28. The fourth-order valence-corrected chi connectivity index (χ4v) is 4.16. The van der Waals surface area contributed by atoms with Crippen molar-refractivity contribution in [2.45, 2.75) is 37.2 Å². The van der Waals surface area contributed by atoms with E-state index in [4.69, 9.17) is 13.6 Å². The highest BCUT2D eigenvalue weighted by molar-refractivity contribution is 7.98. The largest absolute Gasteiger partial charge is 0.450 e. The van der Waals surface area contributed by atoms with E-state index in [1.165, 1.54) is 23.4 Å². The van der Waals surface area contributed by atoms with Gasteiger partial charge in [0.2, 0.25) is 5.89 Å². The Bertz CT molecular complexity index is 1300. The van der Waals surface area contributed by atoms with Crippen molar-refractivity contribution in [2.75, 3.05) is 11.9 Å². The molecule has 4 aromatic rings. The van der Waals surface area contributed by atoms with E-state index in [1.807, 2.05) is 18.2 Å². The van der Waals surface area contributed by atoms with Gasteiger partial charge >= 0.3 is 11.7 Å². The Hall–Kier alpha value is -3.59. The molecule has 0 saturated heterocycles. The monoisotopic (exact) mass is 465 g/mol. The molecule has 0 aliphatic carbocycles. The second kappa shape index (κ2) is 10.4. The standard InChI is InChI=1S/C24H23N3O5S/c1-3-30-23(29)25-18-9-10-19-17(12-22(28)31-20(19)13-18)14-33-24-27-26-21(32-24)11-15(2)16-7-5-4-6-8-16/h4-10,12-13,15H,3,11,14H2,1-2H3,(H,25,29). The number of benzene rings is 2. The van der Waals surface area contributed by atoms with Crippen LogP contribution in [0.25, 0.3) is 11.0 Å². The summed E-state index contributed by atoms with van der Waals surface area (Å²) in [6, 6.07) is 16.7. The maximum Gasteiger partial charge on any atom is 0.411 e. The number of anilines is 1. The molecule has 1 amide bonds. The number of hydrogen-bond acceptors (Lipinski definition) is 8. The molecule has 8 nitrogen and oxygen atoms in total. The van der Waals surface area contributed by atoms with Crippen LogP contribution in [0.2, 0.25) is 0 Å². The lowest BCUT2D eigenvalue weighted by Crippen LogP contribution is -2.13. The van der Waals surface area contributed by atoms with E-state index in [1.54, 1.807) is 25.1 Å². The van der Waals surface area contributed by atoms with Gasteiger partial charge in [0.15, 0.2) is 0 Å². The lowest BCUT2D eigenvalue weighted by molar-refractivity contribution is 0.168. The summed E-state index contributed by atoms with van der Waals surface area (Å²) in [6.45, 7) is 4.10. The van der Waals surface area contributed by atoms with Gasteiger partial charge in [0.1, 0.15) is 5.58 Å². The fourth-order valence-electron chi connectivity index (χ4n) is 3.39. The minimum atomic E-state index is -0.570. The smallest absolute Gasteiger partial charge is 0.411 e. The van der Waals surface area contributed by atoms with Gasteiger partial charge in [0.05, 0.1) is 6.61 Å². The molecular weight excluding hydrogens is 442 g/mol. The maximum absolute atomic E-state index is 12.1. The molecule has 2 heterocycles. The normalized spacial score (nSPS) is 11.9. The van der Waals surface area contributed by atoms with E-state index in [0.29, 0.717) is 34.6 Å². The first kappa shape index (κ1) is 22.6. The van der Waals surface area contributed by atoms with Crippen molar-refractivity contribution >= 4 is 34.5 Å². The number of amides is 1. The molecule has 0 bridgehead atoms. The van der Waals surface area contributed by atoms with Crippen LogP contribution in [-0.4, -0.2) is 22.9 Å². The number of nitrogens with one attached hydrogen (secondary N) is 1. The van der Waals surface area contributed by atoms with E-state index in [0.717, 1.165) is 10.9 Å². The minimum Gasteiger partial charge on any atom is -0.450 e. The number of nitrogens with zero attached hydrogens (tertiary/aromatic N) is 2. The molecule has 0 fully saturated rings. The van der Waals surface area contributed by atoms with Crippen molar-refractivity contribution in [1.29, 1.82) is 0 Å². The van der Waals surface area contributed by atoms with Gasteiger partial charge in [-0.2, -0.15) is 0 Å². The second-order valence-electron chi connectivity index (χ2n) is 7.41. The number of carbonyl (C=O) groups excluding carboxylic acids is 1. The number of rotatable bonds is 8. The number of fused-ring (bicyclic) bond motifs is 1. The molecule has 2 aromatic heterocycles. The molecule has 2 aromatic carbocycles. The summed E-state index contributed by atoms with van der Waals surface area (Å²) < 4.78 is 16.0. The molecule has 0 aliphatic rings. The molecule has 1 unspecified atom stereocenters. The number of thioether (sulfide) groups is 1. The number of aromatic nitrogens is 2. The average molecular weight is 466 g/mol. The van der Waals surface area contributed by atoms with Crippen LogP contribution in [0.15, 0.2) is 73.4 Å². The summed E-state index contributed by atoms with van der Waals surface area (Å²) >= 11 is 1.35. The van der Waals surface area contributed by atoms with Crippen LogP contribution in [0.1, 0.15) is 36.8 Å². The number of carbonyl (C=O) groups is 1. The molecule has 1 N–H and O–H groups in total. The van der Waals surface area contributed by atoms with Gasteiger partial charge in [0, 0.05) is 35.4 Å². The predicted octanol–water partition coefficient (Wildman–Crippen LogP) is 5.38. The van der Waals surface area contributed by atoms with E-state index < -0.39 is 11.7 Å². The molecule has 170 valence electrons. The summed E-state index contributed by atoms with van der Waals surface area (Å²) in [5.41, 5.74) is 2.35. The molecule has 4 rings (SSSR count).